The van der Waals surface area contributed by atoms with Gasteiger partial charge in [-0.15, -0.1) is 0 Å². The van der Waals surface area contributed by atoms with Crippen LogP contribution in [-0.2, 0) is 42.6 Å². The molecule has 0 amide bonds. The second kappa shape index (κ2) is 24.8. The number of benzene rings is 1. The van der Waals surface area contributed by atoms with E-state index in [1.165, 1.54) is 5.57 Å². The first-order chi connectivity index (χ1) is 40.4. The van der Waals surface area contributed by atoms with E-state index in [-0.39, 0.29) is 53.8 Å². The Balaban J connectivity index is 0.798. The molecule has 0 unspecified atom stereocenters. The fraction of sp³-hybridized carbons (Fsp3) is 0.852. The Kier molecular flexibility index (Phi) is 19.1. The van der Waals surface area contributed by atoms with Crippen molar-refractivity contribution in [2.75, 3.05) is 45.4 Å². The van der Waals surface area contributed by atoms with E-state index in [2.05, 4.69) is 46.0 Å². The van der Waals surface area contributed by atoms with Crippen molar-refractivity contribution in [3.05, 3.63) is 41.5 Å². The summed E-state index contributed by atoms with van der Waals surface area (Å²) in [5, 5.41) is 157. The smallest absolute Gasteiger partial charge is 0.340 e. The quantitative estimate of drug-likeness (QED) is 0.0564. The number of esters is 1. The molecule has 9 aliphatic rings. The fourth-order valence-electron chi connectivity index (χ4n) is 17.4. The van der Waals surface area contributed by atoms with Gasteiger partial charge in [-0.1, -0.05) is 72.2 Å². The molecule has 25 nitrogen and oxygen atoms in total. The molecule has 25 heteroatoms. The van der Waals surface area contributed by atoms with Crippen LogP contribution in [0.25, 0.3) is 0 Å². The minimum absolute atomic E-state index is 0.0873. The number of para-hydroxylation sites is 1. The number of hydrogen-bond acceptors (Lipinski definition) is 25. The number of allylic oxidation sites excluding steroid dienone is 2. The van der Waals surface area contributed by atoms with E-state index in [1.54, 1.807) is 31.3 Å². The van der Waals surface area contributed by atoms with E-state index in [4.69, 9.17) is 42.6 Å². The molecule has 8 fully saturated rings. The maximum atomic E-state index is 13.1. The lowest BCUT2D eigenvalue weighted by Crippen LogP contribution is -2.68. The lowest BCUT2D eigenvalue weighted by molar-refractivity contribution is -0.348. The van der Waals surface area contributed by atoms with Gasteiger partial charge in [-0.3, -0.25) is 0 Å². The topological polar surface area (TPSA) is 395 Å². The van der Waals surface area contributed by atoms with Crippen LogP contribution in [0.5, 0.6) is 0 Å². The second-order valence-electron chi connectivity index (χ2n) is 28.3. The average Bonchev–Trinajstić information content (AvgIpc) is 0.733. The molecule has 488 valence electrons. The summed E-state index contributed by atoms with van der Waals surface area (Å²) in [7, 11) is 1.67. The Morgan fingerprint density at radius 3 is 1.76 bits per heavy atom. The summed E-state index contributed by atoms with van der Waals surface area (Å²) in [6.45, 7) is 13.1. The summed E-state index contributed by atoms with van der Waals surface area (Å²) in [5.41, 5.74) is -1.29. The third-order valence-electron chi connectivity index (χ3n) is 23.0. The van der Waals surface area contributed by atoms with E-state index in [9.17, 15) is 76.3 Å². The first kappa shape index (κ1) is 66.3. The molecule has 1 aromatic rings. The molecule has 0 radical (unpaired) electrons. The van der Waals surface area contributed by atoms with Gasteiger partial charge in [0.25, 0.3) is 0 Å². The van der Waals surface area contributed by atoms with Gasteiger partial charge >= 0.3 is 5.97 Å². The summed E-state index contributed by atoms with van der Waals surface area (Å²) < 4.78 is 53.5. The van der Waals surface area contributed by atoms with Gasteiger partial charge in [0.05, 0.1) is 50.3 Å². The Morgan fingerprint density at radius 2 is 1.15 bits per heavy atom. The number of aliphatic hydroxyl groups excluding tert-OH is 14. The van der Waals surface area contributed by atoms with Gasteiger partial charge in [0, 0.05) is 18.2 Å². The lowest BCUT2D eigenvalue weighted by Gasteiger charge is -2.72. The van der Waals surface area contributed by atoms with Gasteiger partial charge in [0.2, 0.25) is 0 Å². The van der Waals surface area contributed by atoms with Gasteiger partial charge < -0.3 is 119 Å². The normalized spacial score (nSPS) is 49.9. The van der Waals surface area contributed by atoms with Gasteiger partial charge in [-0.2, -0.15) is 0 Å². The van der Waals surface area contributed by atoms with Gasteiger partial charge in [0.1, 0.15) is 98.2 Å². The van der Waals surface area contributed by atoms with Crippen molar-refractivity contribution in [1.29, 1.82) is 0 Å². The van der Waals surface area contributed by atoms with Crippen molar-refractivity contribution in [2.45, 2.75) is 235 Å². The van der Waals surface area contributed by atoms with Crippen molar-refractivity contribution in [2.24, 2.45) is 50.2 Å². The zero-order valence-electron chi connectivity index (χ0n) is 50.4. The molecule has 0 bridgehead atoms. The molecular weight excluding hydrogens is 1130 g/mol. The van der Waals surface area contributed by atoms with Crippen LogP contribution >= 0.6 is 0 Å². The van der Waals surface area contributed by atoms with Crippen molar-refractivity contribution in [3.63, 3.8) is 0 Å². The maximum Gasteiger partial charge on any atom is 0.340 e. The Labute approximate surface area is 501 Å². The fourth-order valence-corrected chi connectivity index (χ4v) is 17.4. The molecule has 4 heterocycles. The highest BCUT2D eigenvalue weighted by atomic mass is 16.7. The van der Waals surface area contributed by atoms with Crippen molar-refractivity contribution >= 4 is 11.7 Å². The van der Waals surface area contributed by atoms with E-state index in [0.29, 0.717) is 24.9 Å². The van der Waals surface area contributed by atoms with Crippen molar-refractivity contribution in [3.8, 4) is 0 Å². The van der Waals surface area contributed by atoms with E-state index in [0.717, 1.165) is 25.7 Å². The SMILES string of the molecule is CNc1ccccc1C(=O)OC[C@@H]1O[C@H](O[C@H]2C[C@@]3(CO)[C@H](CC2(C)C)C2=CC[C@H]4[C@]5(C)CC[C@@H](O[C@H]6O[C@@H](CO[C@@H]7O[C@@H](CO[C@@H]8OC[C@H](O)[C@H](O)[C@H]8O)[C@H](O)[C@H](O)[C@H]7O)[C@H](O)[C@H](O)[C@@H]6O)C(C)(C)[C@@H]5CC[C@]4(C)[C@]2(C)C[C@@H]3O)[C@@H](O)[C@@H](O)[C@H]1O. The maximum absolute atomic E-state index is 13.1. The predicted molar refractivity (Wildman–Crippen MR) is 299 cm³/mol. The number of fused-ring (bicyclic) bond motifs is 7. The molecule has 29 atom stereocenters. The Hall–Kier alpha value is -2.65. The minimum Gasteiger partial charge on any atom is -0.459 e. The summed E-state index contributed by atoms with van der Waals surface area (Å²) in [6.07, 6.45) is -25.1. The van der Waals surface area contributed by atoms with Crippen LogP contribution < -0.4 is 5.32 Å². The first-order valence-corrected chi connectivity index (χ1v) is 30.6. The van der Waals surface area contributed by atoms with Crippen molar-refractivity contribution < 1.29 is 119 Å². The molecule has 1 aromatic carbocycles. The van der Waals surface area contributed by atoms with E-state index < -0.39 is 182 Å². The number of nitrogens with one attached hydrogen (secondary N) is 1. The number of aliphatic hydroxyl groups is 14. The molecule has 10 rings (SSSR count). The first-order valence-electron chi connectivity index (χ1n) is 30.6. The standard InChI is InChI=1S/C61H95NO24/c1-56(2)19-29-28-13-14-36-58(5)17-16-38(85-54-49(75)46(72)43(69)34(84-54)25-81-53-48(74)44(70)42(68)33(82-53)24-80-52-47(73)40(66)31(64)22-79-52)57(3,4)35(58)15-18-59(36,6)60(28,7)20-37(65)61(29,26-63)21-39(56)86-55-50(76)45(71)41(67)32(83-55)23-78-51(77)27-11-9-10-12-30(27)62-8/h9-13,29,31-50,52-55,62-76H,14-26H2,1-8H3/t29-,31+,32+,33+,34+,35+,36+,37+,38-,39+,40+,41+,42+,43+,44+,45+,46+,47-,48-,49+,50+,52+,53-,54-,55-,58-,59+,60-,61-/m1/s1. The number of hydrogen-bond donors (Lipinski definition) is 15. The third-order valence-corrected chi connectivity index (χ3v) is 23.0. The van der Waals surface area contributed by atoms with Crippen LogP contribution in [0.15, 0.2) is 35.9 Å². The predicted octanol–water partition coefficient (Wildman–Crippen LogP) is -1.07. The van der Waals surface area contributed by atoms with Crippen LogP contribution in [0.3, 0.4) is 0 Å². The molecule has 4 aliphatic heterocycles. The zero-order valence-corrected chi connectivity index (χ0v) is 50.4. The molecule has 4 saturated heterocycles. The van der Waals surface area contributed by atoms with Gasteiger partial charge in [-0.25, -0.2) is 4.79 Å². The highest BCUT2D eigenvalue weighted by molar-refractivity contribution is 5.95. The third kappa shape index (κ3) is 11.2. The molecular formula is C61H95NO24. The lowest BCUT2D eigenvalue weighted by atomic mass is 9.33. The van der Waals surface area contributed by atoms with Crippen LogP contribution in [0.1, 0.15) is 110 Å². The second-order valence-corrected chi connectivity index (χ2v) is 28.3. The summed E-state index contributed by atoms with van der Waals surface area (Å²) in [5.74, 6) is -0.711. The molecule has 5 aliphatic carbocycles. The zero-order chi connectivity index (χ0) is 62.5. The monoisotopic (exact) mass is 1230 g/mol. The molecule has 0 aromatic heterocycles. The van der Waals surface area contributed by atoms with Crippen LogP contribution in [-0.4, -0.2) is 253 Å². The van der Waals surface area contributed by atoms with Crippen LogP contribution in [0, 0.1) is 50.2 Å². The van der Waals surface area contributed by atoms with Crippen molar-refractivity contribution in [1.82, 2.24) is 0 Å². The molecule has 4 saturated carbocycles. The van der Waals surface area contributed by atoms with E-state index >= 15 is 0 Å². The summed E-state index contributed by atoms with van der Waals surface area (Å²) in [6, 6.07) is 6.74. The van der Waals surface area contributed by atoms with Crippen LogP contribution in [0.2, 0.25) is 0 Å². The number of rotatable bonds is 15. The Morgan fingerprint density at radius 1 is 0.605 bits per heavy atom. The number of anilines is 1. The minimum atomic E-state index is -1.81. The highest BCUT2D eigenvalue weighted by Gasteiger charge is 2.71. The largest absolute Gasteiger partial charge is 0.459 e. The average molecular weight is 1230 g/mol. The van der Waals surface area contributed by atoms with E-state index in [1.807, 2.05) is 13.8 Å². The Bertz CT molecular complexity index is 2560. The molecule has 86 heavy (non-hydrogen) atoms. The summed E-state index contributed by atoms with van der Waals surface area (Å²) >= 11 is 0. The van der Waals surface area contributed by atoms with Gasteiger partial charge in [-0.05, 0) is 108 Å². The highest BCUT2D eigenvalue weighted by Crippen LogP contribution is 2.76. The molecule has 0 spiro atoms. The molecule has 15 N–H and O–H groups in total. The number of carbonyl (C=O) groups excluding carboxylic acids is 1. The van der Waals surface area contributed by atoms with Crippen LogP contribution in [0.4, 0.5) is 5.69 Å². The van der Waals surface area contributed by atoms with Gasteiger partial charge in [0.15, 0.2) is 25.2 Å². The summed E-state index contributed by atoms with van der Waals surface area (Å²) in [4.78, 5) is 13.1. The number of ether oxygens (including phenoxy) is 9. The number of carbonyl (C=O) groups is 1.